The number of ether oxygens (including phenoxy) is 1. The number of hydrogen-bond acceptors (Lipinski definition) is 5. The SMILES string of the molecule is CCN(CC)P(Cl)(N(CC)CC)(N(CC)CC)N1CCOCC1. The second-order valence-corrected chi connectivity index (χ2v) is 11.6. The van der Waals surface area contributed by atoms with Gasteiger partial charge in [0.05, 0.1) is 0 Å². The van der Waals surface area contributed by atoms with Gasteiger partial charge in [-0.05, 0) is 0 Å². The third-order valence-corrected chi connectivity index (χ3v) is 13.7. The van der Waals surface area contributed by atoms with Crippen molar-refractivity contribution < 1.29 is 4.74 Å². The van der Waals surface area contributed by atoms with Gasteiger partial charge in [0.1, 0.15) is 0 Å². The molecular weight excluding hydrogens is 331 g/mol. The van der Waals surface area contributed by atoms with E-state index in [9.17, 15) is 0 Å². The predicted octanol–water partition coefficient (Wildman–Crippen LogP) is 3.71. The Morgan fingerprint density at radius 3 is 1.30 bits per heavy atom. The van der Waals surface area contributed by atoms with Crippen molar-refractivity contribution in [2.75, 3.05) is 65.6 Å². The first kappa shape index (κ1) is 21.6. The van der Waals surface area contributed by atoms with E-state index in [1.807, 2.05) is 0 Å². The fraction of sp³-hybridized carbons (Fsp3) is 1.00. The molecule has 0 aromatic rings. The van der Waals surface area contributed by atoms with Crippen LogP contribution in [0.15, 0.2) is 0 Å². The zero-order chi connectivity index (χ0) is 17.5. The van der Waals surface area contributed by atoms with E-state index in [2.05, 4.69) is 60.2 Å². The third-order valence-electron chi connectivity index (χ3n) is 5.12. The molecule has 1 fully saturated rings. The van der Waals surface area contributed by atoms with Crippen molar-refractivity contribution in [1.82, 2.24) is 18.7 Å². The van der Waals surface area contributed by atoms with E-state index in [1.54, 1.807) is 0 Å². The molecule has 0 unspecified atom stereocenters. The van der Waals surface area contributed by atoms with Gasteiger partial charge in [0.15, 0.2) is 0 Å². The molecule has 1 rings (SSSR count). The molecule has 0 aliphatic carbocycles. The molecule has 0 aromatic heterocycles. The standard InChI is InChI=1S/C16H38ClN4OP/c1-7-18(8-2)23(17,19(9-3)10-4,20(11-5)12-6)21-13-15-22-16-14-21/h7-16H2,1-6H3. The molecule has 0 amide bonds. The molecule has 0 N–H and O–H groups in total. The van der Waals surface area contributed by atoms with Crippen LogP contribution >= 0.6 is 17.8 Å². The van der Waals surface area contributed by atoms with Gasteiger partial charge in [-0.25, -0.2) is 0 Å². The zero-order valence-corrected chi connectivity index (χ0v) is 17.7. The summed E-state index contributed by atoms with van der Waals surface area (Å²) in [4.78, 5) is 0. The van der Waals surface area contributed by atoms with Gasteiger partial charge in [0.2, 0.25) is 0 Å². The van der Waals surface area contributed by atoms with Crippen molar-refractivity contribution in [1.29, 1.82) is 0 Å². The van der Waals surface area contributed by atoms with Crippen LogP contribution in [0.1, 0.15) is 41.5 Å². The van der Waals surface area contributed by atoms with Crippen LogP contribution in [0.25, 0.3) is 0 Å². The van der Waals surface area contributed by atoms with Gasteiger partial charge in [0.25, 0.3) is 0 Å². The van der Waals surface area contributed by atoms with E-state index in [4.69, 9.17) is 16.0 Å². The Labute approximate surface area is 148 Å². The summed E-state index contributed by atoms with van der Waals surface area (Å²) in [5, 5.41) is 0. The van der Waals surface area contributed by atoms with Gasteiger partial charge in [-0.3, -0.25) is 0 Å². The molecule has 0 spiro atoms. The molecule has 1 saturated heterocycles. The Balaban J connectivity index is 3.60. The van der Waals surface area contributed by atoms with Gasteiger partial charge < -0.3 is 0 Å². The van der Waals surface area contributed by atoms with E-state index in [0.717, 1.165) is 65.6 Å². The molecule has 0 bridgehead atoms. The molecular formula is C16H38ClN4OP. The molecule has 1 heterocycles. The number of halogens is 1. The van der Waals surface area contributed by atoms with Gasteiger partial charge in [-0.2, -0.15) is 0 Å². The minimum absolute atomic E-state index is 0.772. The summed E-state index contributed by atoms with van der Waals surface area (Å²) < 4.78 is 15.8. The number of morpholine rings is 1. The first-order chi connectivity index (χ1) is 11.0. The summed E-state index contributed by atoms with van der Waals surface area (Å²) in [5.74, 6) is 0. The van der Waals surface area contributed by atoms with Gasteiger partial charge in [0, 0.05) is 0 Å². The summed E-state index contributed by atoms with van der Waals surface area (Å²) >= 11 is 7.95. The molecule has 0 saturated carbocycles. The summed E-state index contributed by atoms with van der Waals surface area (Å²) in [6.07, 6.45) is 0. The Morgan fingerprint density at radius 2 is 1.04 bits per heavy atom. The Morgan fingerprint density at radius 1 is 0.739 bits per heavy atom. The van der Waals surface area contributed by atoms with Crippen molar-refractivity contribution in [2.24, 2.45) is 0 Å². The van der Waals surface area contributed by atoms with Crippen LogP contribution in [-0.4, -0.2) is 84.3 Å². The molecule has 7 heteroatoms. The van der Waals surface area contributed by atoms with Crippen LogP contribution < -0.4 is 0 Å². The zero-order valence-electron chi connectivity index (χ0n) is 16.1. The van der Waals surface area contributed by atoms with Crippen molar-refractivity contribution in [3.63, 3.8) is 0 Å². The van der Waals surface area contributed by atoms with Crippen LogP contribution in [0.4, 0.5) is 0 Å². The van der Waals surface area contributed by atoms with E-state index >= 15 is 0 Å². The monoisotopic (exact) mass is 368 g/mol. The average Bonchev–Trinajstić information content (AvgIpc) is 2.59. The van der Waals surface area contributed by atoms with Crippen molar-refractivity contribution in [3.05, 3.63) is 0 Å². The number of rotatable bonds is 10. The van der Waals surface area contributed by atoms with E-state index in [0.29, 0.717) is 0 Å². The molecule has 140 valence electrons. The summed E-state index contributed by atoms with van der Waals surface area (Å²) in [6, 6.07) is 0. The summed E-state index contributed by atoms with van der Waals surface area (Å²) in [7, 11) is 0. The van der Waals surface area contributed by atoms with E-state index in [1.165, 1.54) is 0 Å². The third kappa shape index (κ3) is 3.44. The molecule has 0 radical (unpaired) electrons. The van der Waals surface area contributed by atoms with Crippen molar-refractivity contribution in [3.8, 4) is 0 Å². The van der Waals surface area contributed by atoms with E-state index in [-0.39, 0.29) is 0 Å². The Kier molecular flexibility index (Phi) is 8.70. The predicted molar refractivity (Wildman–Crippen MR) is 104 cm³/mol. The topological polar surface area (TPSA) is 22.2 Å². The fourth-order valence-corrected chi connectivity index (χ4v) is 12.4. The molecule has 23 heavy (non-hydrogen) atoms. The first-order valence-corrected chi connectivity index (χ1v) is 12.3. The number of nitrogens with zero attached hydrogens (tertiary/aromatic N) is 4. The van der Waals surface area contributed by atoms with Crippen LogP contribution in [-0.2, 0) is 4.74 Å². The molecule has 5 nitrogen and oxygen atoms in total. The number of hydrogen-bond donors (Lipinski definition) is 0. The molecule has 0 aromatic carbocycles. The second kappa shape index (κ2) is 9.28. The summed E-state index contributed by atoms with van der Waals surface area (Å²) in [6.45, 7) is 19.5. The maximum absolute atomic E-state index is 7.95. The van der Waals surface area contributed by atoms with Crippen molar-refractivity contribution in [2.45, 2.75) is 41.5 Å². The summed E-state index contributed by atoms with van der Waals surface area (Å²) in [5.41, 5.74) is 0. The average molecular weight is 369 g/mol. The quantitative estimate of drug-likeness (QED) is 0.547. The van der Waals surface area contributed by atoms with Crippen LogP contribution in [0.3, 0.4) is 0 Å². The van der Waals surface area contributed by atoms with Crippen LogP contribution in [0.2, 0.25) is 0 Å². The van der Waals surface area contributed by atoms with Gasteiger partial charge in [-0.15, -0.1) is 0 Å². The maximum atomic E-state index is 7.95. The molecule has 1 aliphatic rings. The molecule has 1 aliphatic heterocycles. The van der Waals surface area contributed by atoms with Crippen LogP contribution in [0, 0.1) is 0 Å². The second-order valence-electron chi connectivity index (χ2n) is 5.82. The normalized spacial score (nSPS) is 19.5. The minimum atomic E-state index is -3.07. The van der Waals surface area contributed by atoms with Gasteiger partial charge >= 0.3 is 148 Å². The fourth-order valence-electron chi connectivity index (χ4n) is 4.10. The van der Waals surface area contributed by atoms with Crippen molar-refractivity contribution >= 4 is 17.8 Å². The molecule has 0 atom stereocenters. The van der Waals surface area contributed by atoms with Crippen LogP contribution in [0.5, 0.6) is 0 Å². The van der Waals surface area contributed by atoms with E-state index < -0.39 is 6.56 Å². The Hall–Kier alpha value is 0.520. The first-order valence-electron chi connectivity index (χ1n) is 9.32. The Bertz CT molecular complexity index is 309. The van der Waals surface area contributed by atoms with Gasteiger partial charge in [-0.1, -0.05) is 0 Å².